The monoisotopic (exact) mass is 386 g/mol. The second-order valence-electron chi connectivity index (χ2n) is 6.84. The smallest absolute Gasteiger partial charge is 0.230 e. The van der Waals surface area contributed by atoms with E-state index in [1.54, 1.807) is 4.90 Å². The Morgan fingerprint density at radius 3 is 2.04 bits per heavy atom. The molecule has 3 rings (SSSR count). The van der Waals surface area contributed by atoms with Crippen LogP contribution in [-0.2, 0) is 20.6 Å². The van der Waals surface area contributed by atoms with Crippen LogP contribution >= 0.6 is 0 Å². The maximum atomic E-state index is 12.9. The Balaban J connectivity index is 1.62. The quantitative estimate of drug-likeness (QED) is 0.767. The van der Waals surface area contributed by atoms with Gasteiger partial charge in [0.05, 0.1) is 11.7 Å². The van der Waals surface area contributed by atoms with Gasteiger partial charge in [-0.2, -0.15) is 4.31 Å². The highest BCUT2D eigenvalue weighted by atomic mass is 32.2. The van der Waals surface area contributed by atoms with Crippen LogP contribution in [0.15, 0.2) is 60.7 Å². The predicted octanol–water partition coefficient (Wildman–Crippen LogP) is 2.85. The molecule has 5 nitrogen and oxygen atoms in total. The second kappa shape index (κ2) is 8.67. The van der Waals surface area contributed by atoms with Crippen molar-refractivity contribution in [1.82, 2.24) is 9.21 Å². The number of rotatable bonds is 6. The largest absolute Gasteiger partial charge is 0.340 e. The summed E-state index contributed by atoms with van der Waals surface area (Å²) in [5.74, 6) is -0.0777. The number of carbonyl (C=O) groups is 1. The number of piperazine rings is 1. The van der Waals surface area contributed by atoms with Crippen LogP contribution in [0.25, 0.3) is 0 Å². The topological polar surface area (TPSA) is 57.7 Å². The predicted molar refractivity (Wildman–Crippen MR) is 107 cm³/mol. The highest BCUT2D eigenvalue weighted by Crippen LogP contribution is 2.23. The molecule has 1 atom stereocenters. The molecular weight excluding hydrogens is 360 g/mol. The van der Waals surface area contributed by atoms with Crippen molar-refractivity contribution in [1.29, 1.82) is 0 Å². The van der Waals surface area contributed by atoms with Gasteiger partial charge in [-0.15, -0.1) is 0 Å². The van der Waals surface area contributed by atoms with Gasteiger partial charge in [-0.1, -0.05) is 67.6 Å². The number of hydrogen-bond acceptors (Lipinski definition) is 3. The lowest BCUT2D eigenvalue weighted by Crippen LogP contribution is -2.51. The molecule has 1 aliphatic heterocycles. The number of benzene rings is 2. The first kappa shape index (κ1) is 19.6. The highest BCUT2D eigenvalue weighted by Gasteiger charge is 2.31. The molecule has 0 unspecified atom stereocenters. The summed E-state index contributed by atoms with van der Waals surface area (Å²) in [4.78, 5) is 14.7. The molecule has 0 spiro atoms. The van der Waals surface area contributed by atoms with Crippen LogP contribution in [-0.4, -0.2) is 49.7 Å². The Kier molecular flexibility index (Phi) is 6.29. The van der Waals surface area contributed by atoms with E-state index in [4.69, 9.17) is 0 Å². The van der Waals surface area contributed by atoms with E-state index in [9.17, 15) is 13.2 Å². The molecule has 0 saturated carbocycles. The summed E-state index contributed by atoms with van der Waals surface area (Å²) in [6, 6.07) is 19.0. The molecule has 2 aromatic rings. The molecule has 27 heavy (non-hydrogen) atoms. The SMILES string of the molecule is CC[C@@H](C(=O)N1CCN(S(=O)(=O)Cc2ccccc2)CC1)c1ccccc1. The molecule has 1 aliphatic rings. The van der Waals surface area contributed by atoms with Crippen molar-refractivity contribution in [3.05, 3.63) is 71.8 Å². The van der Waals surface area contributed by atoms with E-state index in [2.05, 4.69) is 0 Å². The molecule has 6 heteroatoms. The van der Waals surface area contributed by atoms with Crippen LogP contribution in [0.3, 0.4) is 0 Å². The lowest BCUT2D eigenvalue weighted by molar-refractivity contribution is -0.134. The summed E-state index contributed by atoms with van der Waals surface area (Å²) in [5.41, 5.74) is 1.80. The third-order valence-corrected chi connectivity index (χ3v) is 6.89. The van der Waals surface area contributed by atoms with Gasteiger partial charge >= 0.3 is 0 Å². The average molecular weight is 387 g/mol. The van der Waals surface area contributed by atoms with Gasteiger partial charge in [0.1, 0.15) is 0 Å². The summed E-state index contributed by atoms with van der Waals surface area (Å²) >= 11 is 0. The lowest BCUT2D eigenvalue weighted by Gasteiger charge is -2.35. The Hall–Kier alpha value is -2.18. The van der Waals surface area contributed by atoms with Crippen molar-refractivity contribution < 1.29 is 13.2 Å². The van der Waals surface area contributed by atoms with Gasteiger partial charge in [0.2, 0.25) is 15.9 Å². The molecule has 0 radical (unpaired) electrons. The molecule has 144 valence electrons. The van der Waals surface area contributed by atoms with Crippen molar-refractivity contribution in [3.8, 4) is 0 Å². The molecule has 1 saturated heterocycles. The molecule has 0 aliphatic carbocycles. The second-order valence-corrected chi connectivity index (χ2v) is 8.81. The van der Waals surface area contributed by atoms with E-state index >= 15 is 0 Å². The fourth-order valence-corrected chi connectivity index (χ4v) is 5.04. The zero-order valence-electron chi connectivity index (χ0n) is 15.6. The first-order valence-corrected chi connectivity index (χ1v) is 11.0. The summed E-state index contributed by atoms with van der Waals surface area (Å²) in [6.45, 7) is 3.60. The minimum Gasteiger partial charge on any atom is -0.340 e. The number of sulfonamides is 1. The molecule has 2 aromatic carbocycles. The maximum Gasteiger partial charge on any atom is 0.230 e. The number of amides is 1. The molecule has 1 fully saturated rings. The van der Waals surface area contributed by atoms with Crippen LogP contribution in [0.2, 0.25) is 0 Å². The van der Waals surface area contributed by atoms with Crippen LogP contribution in [0.5, 0.6) is 0 Å². The van der Waals surface area contributed by atoms with Crippen LogP contribution in [0.1, 0.15) is 30.4 Å². The van der Waals surface area contributed by atoms with Gasteiger partial charge in [-0.3, -0.25) is 4.79 Å². The van der Waals surface area contributed by atoms with E-state index < -0.39 is 10.0 Å². The Bertz CT molecular complexity index is 846. The fourth-order valence-electron chi connectivity index (χ4n) is 3.52. The third kappa shape index (κ3) is 4.76. The Morgan fingerprint density at radius 1 is 0.926 bits per heavy atom. The summed E-state index contributed by atoms with van der Waals surface area (Å²) in [5, 5.41) is 0. The fraction of sp³-hybridized carbons (Fsp3) is 0.381. The molecular formula is C21H26N2O3S. The van der Waals surface area contributed by atoms with Gasteiger partial charge < -0.3 is 4.90 Å². The minimum absolute atomic E-state index is 0.00336. The van der Waals surface area contributed by atoms with Crippen molar-refractivity contribution in [2.24, 2.45) is 0 Å². The lowest BCUT2D eigenvalue weighted by atomic mass is 9.95. The van der Waals surface area contributed by atoms with Crippen molar-refractivity contribution in [3.63, 3.8) is 0 Å². The maximum absolute atomic E-state index is 12.9. The standard InChI is InChI=1S/C21H26N2O3S/c1-2-20(19-11-7-4-8-12-19)21(24)22-13-15-23(16-14-22)27(25,26)17-18-9-5-3-6-10-18/h3-12,20H,2,13-17H2,1H3/t20-/m1/s1. The summed E-state index contributed by atoms with van der Waals surface area (Å²) in [6.07, 6.45) is 0.732. The Morgan fingerprint density at radius 2 is 1.48 bits per heavy atom. The van der Waals surface area contributed by atoms with Gasteiger partial charge in [0, 0.05) is 26.2 Å². The number of hydrogen-bond donors (Lipinski definition) is 0. The highest BCUT2D eigenvalue weighted by molar-refractivity contribution is 7.88. The third-order valence-electron chi connectivity index (χ3n) is 5.04. The first-order chi connectivity index (χ1) is 13.0. The minimum atomic E-state index is -3.37. The van der Waals surface area contributed by atoms with E-state index in [0.29, 0.717) is 26.2 Å². The Labute approximate surface area is 161 Å². The molecule has 1 heterocycles. The van der Waals surface area contributed by atoms with Gasteiger partial charge in [0.25, 0.3) is 0 Å². The van der Waals surface area contributed by atoms with Crippen LogP contribution in [0.4, 0.5) is 0 Å². The van der Waals surface area contributed by atoms with E-state index in [1.165, 1.54) is 4.31 Å². The molecule has 0 aromatic heterocycles. The van der Waals surface area contributed by atoms with E-state index in [-0.39, 0.29) is 17.6 Å². The van der Waals surface area contributed by atoms with Crippen LogP contribution < -0.4 is 0 Å². The zero-order valence-corrected chi connectivity index (χ0v) is 16.4. The molecule has 1 amide bonds. The van der Waals surface area contributed by atoms with Crippen molar-refractivity contribution in [2.75, 3.05) is 26.2 Å². The summed E-state index contributed by atoms with van der Waals surface area (Å²) < 4.78 is 26.8. The van der Waals surface area contributed by atoms with E-state index in [0.717, 1.165) is 17.5 Å². The zero-order chi connectivity index (χ0) is 19.3. The van der Waals surface area contributed by atoms with Gasteiger partial charge in [-0.05, 0) is 17.5 Å². The summed E-state index contributed by atoms with van der Waals surface area (Å²) in [7, 11) is -3.37. The van der Waals surface area contributed by atoms with Gasteiger partial charge in [0.15, 0.2) is 0 Å². The average Bonchev–Trinajstić information content (AvgIpc) is 2.70. The molecule has 0 bridgehead atoms. The molecule has 0 N–H and O–H groups in total. The van der Waals surface area contributed by atoms with Crippen molar-refractivity contribution in [2.45, 2.75) is 25.0 Å². The normalized spacial score (nSPS) is 16.9. The van der Waals surface area contributed by atoms with Crippen LogP contribution in [0, 0.1) is 0 Å². The number of nitrogens with zero attached hydrogens (tertiary/aromatic N) is 2. The van der Waals surface area contributed by atoms with E-state index in [1.807, 2.05) is 67.6 Å². The number of carbonyl (C=O) groups excluding carboxylic acids is 1. The van der Waals surface area contributed by atoms with Gasteiger partial charge in [-0.25, -0.2) is 8.42 Å². The van der Waals surface area contributed by atoms with Crippen molar-refractivity contribution >= 4 is 15.9 Å². The first-order valence-electron chi connectivity index (χ1n) is 9.36.